The van der Waals surface area contributed by atoms with Gasteiger partial charge in [0.2, 0.25) is 11.8 Å². The van der Waals surface area contributed by atoms with Crippen molar-refractivity contribution in [1.29, 1.82) is 0 Å². The zero-order chi connectivity index (χ0) is 20.8. The Balaban J connectivity index is 1.60. The number of methoxy groups -OCH3 is 1. The van der Waals surface area contributed by atoms with Crippen LogP contribution in [0.3, 0.4) is 0 Å². The second-order valence-corrected chi connectivity index (χ2v) is 7.74. The number of aryl methyl sites for hydroxylation is 1. The van der Waals surface area contributed by atoms with Gasteiger partial charge >= 0.3 is 5.69 Å². The highest BCUT2D eigenvalue weighted by Crippen LogP contribution is 2.31. The first-order valence-electron chi connectivity index (χ1n) is 9.32. The Morgan fingerprint density at radius 3 is 2.90 bits per heavy atom. The van der Waals surface area contributed by atoms with E-state index in [-0.39, 0.29) is 25.4 Å². The summed E-state index contributed by atoms with van der Waals surface area (Å²) in [6.45, 7) is -0.481. The van der Waals surface area contributed by atoms with Crippen LogP contribution in [0.1, 0.15) is 36.7 Å². The van der Waals surface area contributed by atoms with Crippen LogP contribution in [0.2, 0.25) is 5.02 Å². The van der Waals surface area contributed by atoms with E-state index in [4.69, 9.17) is 16.3 Å². The molecule has 4 heterocycles. The van der Waals surface area contributed by atoms with Crippen molar-refractivity contribution in [3.8, 4) is 5.88 Å². The molecule has 156 valence electrons. The van der Waals surface area contributed by atoms with Crippen LogP contribution in [-0.2, 0) is 17.8 Å². The molecular weight excluding hydrogens is 408 g/mol. The standard InChI is InChI=1S/C18H20ClF2N5O3/c1-29-15-12(19)7-11(8-22-15)9-25-17(28)26-13(3-2-4-14(26)23-25)16(27)24-6-5-18(20,21)10-24/h7-8,13H,2-6,9-10H2,1H3. The van der Waals surface area contributed by atoms with Gasteiger partial charge in [-0.05, 0) is 24.5 Å². The Morgan fingerprint density at radius 1 is 1.45 bits per heavy atom. The van der Waals surface area contributed by atoms with Crippen LogP contribution in [0.25, 0.3) is 0 Å². The average molecular weight is 428 g/mol. The second-order valence-electron chi connectivity index (χ2n) is 7.33. The van der Waals surface area contributed by atoms with E-state index in [2.05, 4.69) is 10.1 Å². The molecule has 1 atom stereocenters. The molecule has 2 aliphatic rings. The summed E-state index contributed by atoms with van der Waals surface area (Å²) >= 11 is 6.09. The molecule has 0 saturated carbocycles. The van der Waals surface area contributed by atoms with Gasteiger partial charge < -0.3 is 9.64 Å². The SMILES string of the molecule is COc1ncc(Cn2nc3n(c2=O)C(C(=O)N2CCC(F)(F)C2)CCC3)cc1Cl. The molecule has 1 saturated heterocycles. The van der Waals surface area contributed by atoms with Crippen molar-refractivity contribution in [3.63, 3.8) is 0 Å². The molecule has 2 aromatic heterocycles. The average Bonchev–Trinajstić information content (AvgIpc) is 3.21. The first-order chi connectivity index (χ1) is 13.8. The van der Waals surface area contributed by atoms with E-state index in [0.29, 0.717) is 35.7 Å². The van der Waals surface area contributed by atoms with Crippen LogP contribution < -0.4 is 10.4 Å². The van der Waals surface area contributed by atoms with Crippen molar-refractivity contribution >= 4 is 17.5 Å². The lowest BCUT2D eigenvalue weighted by Crippen LogP contribution is -2.42. The number of halogens is 3. The summed E-state index contributed by atoms with van der Waals surface area (Å²) < 4.78 is 34.7. The minimum Gasteiger partial charge on any atom is -0.480 e. The molecule has 1 fully saturated rings. The normalized spacial score (nSPS) is 20.6. The number of pyridine rings is 1. The Kier molecular flexibility index (Phi) is 5.05. The fourth-order valence-corrected chi connectivity index (χ4v) is 4.14. The third-order valence-electron chi connectivity index (χ3n) is 5.29. The van der Waals surface area contributed by atoms with Crippen molar-refractivity contribution in [3.05, 3.63) is 39.2 Å². The number of fused-ring (bicyclic) bond motifs is 1. The highest BCUT2D eigenvalue weighted by atomic mass is 35.5. The number of hydrogen-bond acceptors (Lipinski definition) is 5. The van der Waals surface area contributed by atoms with Crippen molar-refractivity contribution < 1.29 is 18.3 Å². The molecule has 0 radical (unpaired) electrons. The number of ether oxygens (including phenoxy) is 1. The number of alkyl halides is 2. The third kappa shape index (κ3) is 3.73. The minimum atomic E-state index is -2.87. The van der Waals surface area contributed by atoms with Gasteiger partial charge in [-0.1, -0.05) is 11.6 Å². The predicted octanol–water partition coefficient (Wildman–Crippen LogP) is 1.90. The van der Waals surface area contributed by atoms with Gasteiger partial charge in [-0.3, -0.25) is 9.36 Å². The quantitative estimate of drug-likeness (QED) is 0.744. The van der Waals surface area contributed by atoms with E-state index in [1.54, 1.807) is 6.07 Å². The van der Waals surface area contributed by atoms with E-state index < -0.39 is 30.1 Å². The van der Waals surface area contributed by atoms with Crippen molar-refractivity contribution in [2.24, 2.45) is 0 Å². The Morgan fingerprint density at radius 2 is 2.24 bits per heavy atom. The molecule has 0 aliphatic carbocycles. The molecule has 0 aromatic carbocycles. The van der Waals surface area contributed by atoms with Crippen LogP contribution >= 0.6 is 11.6 Å². The van der Waals surface area contributed by atoms with Crippen molar-refractivity contribution in [2.75, 3.05) is 20.2 Å². The lowest BCUT2D eigenvalue weighted by atomic mass is 10.0. The van der Waals surface area contributed by atoms with Crippen LogP contribution in [0.4, 0.5) is 8.78 Å². The van der Waals surface area contributed by atoms with Gasteiger partial charge in [0.15, 0.2) is 0 Å². The number of aromatic nitrogens is 4. The smallest absolute Gasteiger partial charge is 0.346 e. The Labute approximate surface area is 170 Å². The lowest BCUT2D eigenvalue weighted by molar-refractivity contribution is -0.135. The van der Waals surface area contributed by atoms with Gasteiger partial charge in [0.05, 0.1) is 20.2 Å². The molecule has 4 rings (SSSR count). The maximum Gasteiger partial charge on any atom is 0.346 e. The number of carbonyl (C=O) groups is 1. The molecule has 0 N–H and O–H groups in total. The van der Waals surface area contributed by atoms with E-state index >= 15 is 0 Å². The number of carbonyl (C=O) groups excluding carboxylic acids is 1. The van der Waals surface area contributed by atoms with Gasteiger partial charge in [0.1, 0.15) is 16.9 Å². The van der Waals surface area contributed by atoms with E-state index in [9.17, 15) is 18.4 Å². The van der Waals surface area contributed by atoms with Gasteiger partial charge in [0.25, 0.3) is 5.92 Å². The summed E-state index contributed by atoms with van der Waals surface area (Å²) in [5, 5.41) is 4.66. The summed E-state index contributed by atoms with van der Waals surface area (Å²) in [5.41, 5.74) is 0.200. The first kappa shape index (κ1) is 19.8. The zero-order valence-corrected chi connectivity index (χ0v) is 16.5. The van der Waals surface area contributed by atoms with E-state index in [1.807, 2.05) is 0 Å². The molecule has 2 aromatic rings. The maximum absolute atomic E-state index is 13.5. The Hall–Kier alpha value is -2.49. The third-order valence-corrected chi connectivity index (χ3v) is 5.56. The van der Waals surface area contributed by atoms with Gasteiger partial charge in [-0.15, -0.1) is 0 Å². The molecule has 0 spiro atoms. The predicted molar refractivity (Wildman–Crippen MR) is 99.5 cm³/mol. The molecular formula is C18H20ClF2N5O3. The molecule has 29 heavy (non-hydrogen) atoms. The van der Waals surface area contributed by atoms with Gasteiger partial charge in [0, 0.05) is 25.6 Å². The summed E-state index contributed by atoms with van der Waals surface area (Å²) in [6, 6.07) is 0.833. The zero-order valence-electron chi connectivity index (χ0n) is 15.8. The summed E-state index contributed by atoms with van der Waals surface area (Å²) in [7, 11) is 1.45. The number of nitrogens with zero attached hydrogens (tertiary/aromatic N) is 5. The monoisotopic (exact) mass is 427 g/mol. The minimum absolute atomic E-state index is 0.00340. The number of likely N-dealkylation sites (tertiary alicyclic amines) is 1. The first-order valence-corrected chi connectivity index (χ1v) is 9.70. The largest absolute Gasteiger partial charge is 0.480 e. The summed E-state index contributed by atoms with van der Waals surface area (Å²) in [6.07, 6.45) is 2.81. The van der Waals surface area contributed by atoms with E-state index in [0.717, 1.165) is 4.90 Å². The Bertz CT molecular complexity index is 1010. The maximum atomic E-state index is 13.5. The molecule has 1 unspecified atom stereocenters. The number of amides is 1. The fourth-order valence-electron chi connectivity index (χ4n) is 3.88. The van der Waals surface area contributed by atoms with Gasteiger partial charge in [-0.2, -0.15) is 5.10 Å². The van der Waals surface area contributed by atoms with Crippen LogP contribution in [0, 0.1) is 0 Å². The van der Waals surface area contributed by atoms with Crippen LogP contribution in [0.15, 0.2) is 17.1 Å². The topological polar surface area (TPSA) is 82.2 Å². The summed E-state index contributed by atoms with van der Waals surface area (Å²) in [4.78, 5) is 31.0. The van der Waals surface area contributed by atoms with Crippen LogP contribution in [-0.4, -0.2) is 56.3 Å². The van der Waals surface area contributed by atoms with Gasteiger partial charge in [-0.25, -0.2) is 23.2 Å². The lowest BCUT2D eigenvalue weighted by Gasteiger charge is -2.27. The van der Waals surface area contributed by atoms with E-state index in [1.165, 1.54) is 22.6 Å². The molecule has 2 aliphatic heterocycles. The highest BCUT2D eigenvalue weighted by molar-refractivity contribution is 6.31. The highest BCUT2D eigenvalue weighted by Gasteiger charge is 2.43. The number of rotatable bonds is 4. The second kappa shape index (κ2) is 7.40. The summed E-state index contributed by atoms with van der Waals surface area (Å²) in [5.74, 6) is -2.56. The number of hydrogen-bond donors (Lipinski definition) is 0. The van der Waals surface area contributed by atoms with Crippen molar-refractivity contribution in [1.82, 2.24) is 24.2 Å². The molecule has 0 bridgehead atoms. The fraction of sp³-hybridized carbons (Fsp3) is 0.556. The molecule has 11 heteroatoms. The molecule has 1 amide bonds. The van der Waals surface area contributed by atoms with Crippen molar-refractivity contribution in [2.45, 2.75) is 44.2 Å². The van der Waals surface area contributed by atoms with Crippen LogP contribution in [0.5, 0.6) is 5.88 Å². The molecule has 8 nitrogen and oxygen atoms in total.